The van der Waals surface area contributed by atoms with Crippen LogP contribution in [0.5, 0.6) is 0 Å². The third-order valence-corrected chi connectivity index (χ3v) is 5.14. The predicted molar refractivity (Wildman–Crippen MR) is 97.7 cm³/mol. The third-order valence-electron chi connectivity index (χ3n) is 5.14. The van der Waals surface area contributed by atoms with E-state index in [9.17, 15) is 4.79 Å². The summed E-state index contributed by atoms with van der Waals surface area (Å²) >= 11 is 0. The molecule has 2 N–H and O–H groups in total. The van der Waals surface area contributed by atoms with E-state index in [2.05, 4.69) is 37.3 Å². The summed E-state index contributed by atoms with van der Waals surface area (Å²) in [5, 5.41) is 0. The molecular formula is C21H26N2O. The van der Waals surface area contributed by atoms with Crippen molar-refractivity contribution in [2.75, 3.05) is 13.1 Å². The van der Waals surface area contributed by atoms with E-state index < -0.39 is 0 Å². The molecule has 0 radical (unpaired) electrons. The number of amides is 1. The smallest absolute Gasteiger partial charge is 0.253 e. The van der Waals surface area contributed by atoms with Crippen molar-refractivity contribution in [3.63, 3.8) is 0 Å². The highest BCUT2D eigenvalue weighted by atomic mass is 16.2. The van der Waals surface area contributed by atoms with E-state index in [0.717, 1.165) is 43.5 Å². The molecule has 3 nitrogen and oxygen atoms in total. The summed E-state index contributed by atoms with van der Waals surface area (Å²) in [5.41, 5.74) is 9.03. The number of carbonyl (C=O) groups excluding carboxylic acids is 1. The minimum Gasteiger partial charge on any atom is -0.338 e. The second-order valence-corrected chi connectivity index (χ2v) is 7.17. The van der Waals surface area contributed by atoms with Gasteiger partial charge in [0.15, 0.2) is 0 Å². The van der Waals surface area contributed by atoms with E-state index in [0.29, 0.717) is 6.54 Å². The topological polar surface area (TPSA) is 46.3 Å². The summed E-state index contributed by atoms with van der Waals surface area (Å²) in [6, 6.07) is 18.3. The summed E-state index contributed by atoms with van der Waals surface area (Å²) in [4.78, 5) is 14.7. The van der Waals surface area contributed by atoms with Crippen LogP contribution in [0.15, 0.2) is 54.6 Å². The summed E-state index contributed by atoms with van der Waals surface area (Å²) < 4.78 is 0. The number of hydrogen-bond donors (Lipinski definition) is 1. The molecule has 3 heteroatoms. The van der Waals surface area contributed by atoms with Gasteiger partial charge in [0.05, 0.1) is 0 Å². The Morgan fingerprint density at radius 3 is 2.46 bits per heavy atom. The maximum Gasteiger partial charge on any atom is 0.253 e. The minimum absolute atomic E-state index is 0.141. The quantitative estimate of drug-likeness (QED) is 0.913. The maximum atomic E-state index is 12.7. The SMILES string of the molecule is CC1(CCc2ccccc2)CCN(C(=O)c2ccc(CN)cc2)C1. The van der Waals surface area contributed by atoms with Gasteiger partial charge in [-0.15, -0.1) is 0 Å². The van der Waals surface area contributed by atoms with E-state index in [-0.39, 0.29) is 11.3 Å². The molecule has 0 spiro atoms. The van der Waals surface area contributed by atoms with Gasteiger partial charge >= 0.3 is 0 Å². The van der Waals surface area contributed by atoms with Crippen LogP contribution in [-0.4, -0.2) is 23.9 Å². The minimum atomic E-state index is 0.141. The molecule has 3 rings (SSSR count). The molecule has 1 amide bonds. The van der Waals surface area contributed by atoms with Gasteiger partial charge in [-0.25, -0.2) is 0 Å². The first-order valence-corrected chi connectivity index (χ1v) is 8.72. The van der Waals surface area contributed by atoms with Gasteiger partial charge in [-0.05, 0) is 47.9 Å². The number of carbonyl (C=O) groups is 1. The van der Waals surface area contributed by atoms with Gasteiger partial charge in [-0.1, -0.05) is 49.4 Å². The average molecular weight is 322 g/mol. The van der Waals surface area contributed by atoms with Crippen LogP contribution in [0, 0.1) is 5.41 Å². The molecule has 0 aromatic heterocycles. The largest absolute Gasteiger partial charge is 0.338 e. The first-order valence-electron chi connectivity index (χ1n) is 8.72. The fraction of sp³-hybridized carbons (Fsp3) is 0.381. The fourth-order valence-electron chi connectivity index (χ4n) is 3.46. The van der Waals surface area contributed by atoms with Crippen LogP contribution in [-0.2, 0) is 13.0 Å². The van der Waals surface area contributed by atoms with E-state index in [4.69, 9.17) is 5.73 Å². The van der Waals surface area contributed by atoms with Gasteiger partial charge in [0, 0.05) is 25.2 Å². The number of rotatable bonds is 5. The van der Waals surface area contributed by atoms with Gasteiger partial charge in [-0.3, -0.25) is 4.79 Å². The zero-order valence-corrected chi connectivity index (χ0v) is 14.4. The lowest BCUT2D eigenvalue weighted by molar-refractivity contribution is 0.0773. The zero-order chi connectivity index (χ0) is 17.0. The molecule has 1 fully saturated rings. The first kappa shape index (κ1) is 16.7. The monoisotopic (exact) mass is 322 g/mol. The molecule has 0 aliphatic carbocycles. The van der Waals surface area contributed by atoms with Crippen molar-refractivity contribution in [2.24, 2.45) is 11.1 Å². The Morgan fingerprint density at radius 1 is 1.08 bits per heavy atom. The lowest BCUT2D eigenvalue weighted by atomic mass is 9.83. The van der Waals surface area contributed by atoms with Crippen LogP contribution < -0.4 is 5.73 Å². The lowest BCUT2D eigenvalue weighted by Gasteiger charge is -2.25. The van der Waals surface area contributed by atoms with Crippen molar-refractivity contribution in [2.45, 2.75) is 32.7 Å². The number of benzene rings is 2. The Kier molecular flexibility index (Phi) is 5.00. The van der Waals surface area contributed by atoms with E-state index in [1.54, 1.807) is 0 Å². The Morgan fingerprint density at radius 2 is 1.79 bits per heavy atom. The molecule has 24 heavy (non-hydrogen) atoms. The summed E-state index contributed by atoms with van der Waals surface area (Å²) in [6.45, 7) is 4.51. The fourth-order valence-corrected chi connectivity index (χ4v) is 3.46. The van der Waals surface area contributed by atoms with Crippen LogP contribution >= 0.6 is 0 Å². The van der Waals surface area contributed by atoms with E-state index in [1.807, 2.05) is 29.2 Å². The van der Waals surface area contributed by atoms with Crippen molar-refractivity contribution in [1.82, 2.24) is 4.90 Å². The van der Waals surface area contributed by atoms with Crippen LogP contribution in [0.2, 0.25) is 0 Å². The Labute approximate surface area is 144 Å². The lowest BCUT2D eigenvalue weighted by Crippen LogP contribution is -2.31. The standard InChI is InChI=1S/C21H26N2O/c1-21(12-11-17-5-3-2-4-6-17)13-14-23(16-21)20(24)19-9-7-18(15-22)8-10-19/h2-10H,11-16,22H2,1H3. The number of nitrogens with zero attached hydrogens (tertiary/aromatic N) is 1. The summed E-state index contributed by atoms with van der Waals surface area (Å²) in [5.74, 6) is 0.141. The number of aryl methyl sites for hydroxylation is 1. The van der Waals surface area contributed by atoms with Crippen LogP contribution in [0.25, 0.3) is 0 Å². The van der Waals surface area contributed by atoms with Crippen molar-refractivity contribution < 1.29 is 4.79 Å². The Balaban J connectivity index is 1.60. The van der Waals surface area contributed by atoms with Crippen molar-refractivity contribution in [3.05, 3.63) is 71.3 Å². The maximum absolute atomic E-state index is 12.7. The van der Waals surface area contributed by atoms with Crippen LogP contribution in [0.3, 0.4) is 0 Å². The molecule has 2 aromatic rings. The summed E-state index contributed by atoms with van der Waals surface area (Å²) in [7, 11) is 0. The highest BCUT2D eigenvalue weighted by molar-refractivity contribution is 5.94. The summed E-state index contributed by atoms with van der Waals surface area (Å²) in [6.07, 6.45) is 3.27. The third kappa shape index (κ3) is 3.85. The normalized spacial score (nSPS) is 20.3. The van der Waals surface area contributed by atoms with Crippen molar-refractivity contribution in [3.8, 4) is 0 Å². The molecular weight excluding hydrogens is 296 g/mol. The number of likely N-dealkylation sites (tertiary alicyclic amines) is 1. The molecule has 126 valence electrons. The molecule has 0 bridgehead atoms. The van der Waals surface area contributed by atoms with Crippen LogP contribution in [0.4, 0.5) is 0 Å². The second kappa shape index (κ2) is 7.18. The second-order valence-electron chi connectivity index (χ2n) is 7.17. The van der Waals surface area contributed by atoms with Crippen molar-refractivity contribution in [1.29, 1.82) is 0 Å². The Hall–Kier alpha value is -2.13. The highest BCUT2D eigenvalue weighted by Gasteiger charge is 2.35. The molecule has 0 saturated carbocycles. The van der Waals surface area contributed by atoms with Gasteiger partial charge in [0.25, 0.3) is 5.91 Å². The molecule has 1 aliphatic heterocycles. The first-order chi connectivity index (χ1) is 11.6. The molecule has 1 atom stereocenters. The van der Waals surface area contributed by atoms with Crippen molar-refractivity contribution >= 4 is 5.91 Å². The highest BCUT2D eigenvalue weighted by Crippen LogP contribution is 2.35. The van der Waals surface area contributed by atoms with E-state index >= 15 is 0 Å². The molecule has 1 saturated heterocycles. The number of nitrogens with two attached hydrogens (primary N) is 1. The predicted octanol–water partition coefficient (Wildman–Crippen LogP) is 3.63. The molecule has 1 unspecified atom stereocenters. The van der Waals surface area contributed by atoms with Crippen LogP contribution in [0.1, 0.15) is 41.3 Å². The molecule has 1 aliphatic rings. The van der Waals surface area contributed by atoms with Gasteiger partial charge in [-0.2, -0.15) is 0 Å². The van der Waals surface area contributed by atoms with Gasteiger partial charge in [0.1, 0.15) is 0 Å². The molecule has 1 heterocycles. The van der Waals surface area contributed by atoms with Gasteiger partial charge in [0.2, 0.25) is 0 Å². The average Bonchev–Trinajstić information content (AvgIpc) is 3.03. The van der Waals surface area contributed by atoms with E-state index in [1.165, 1.54) is 5.56 Å². The number of hydrogen-bond acceptors (Lipinski definition) is 2. The zero-order valence-electron chi connectivity index (χ0n) is 14.4. The molecule has 2 aromatic carbocycles. The van der Waals surface area contributed by atoms with Gasteiger partial charge < -0.3 is 10.6 Å². The Bertz CT molecular complexity index is 681.